The Bertz CT molecular complexity index is 621. The van der Waals surface area contributed by atoms with Crippen LogP contribution in [0.15, 0.2) is 16.6 Å². The zero-order valence-corrected chi connectivity index (χ0v) is 12.8. The van der Waals surface area contributed by atoms with Crippen LogP contribution in [-0.2, 0) is 11.3 Å². The van der Waals surface area contributed by atoms with E-state index in [1.165, 1.54) is 0 Å². The highest BCUT2D eigenvalue weighted by Gasteiger charge is 2.20. The van der Waals surface area contributed by atoms with Gasteiger partial charge in [-0.25, -0.2) is 4.68 Å². The fourth-order valence-corrected chi connectivity index (χ4v) is 2.91. The van der Waals surface area contributed by atoms with E-state index in [1.807, 2.05) is 19.1 Å². The largest absolute Gasteiger partial charge is 0.398 e. The molecule has 1 atom stereocenters. The van der Waals surface area contributed by atoms with Crippen LogP contribution in [-0.4, -0.2) is 32.9 Å². The molecule has 1 aromatic carbocycles. The maximum Gasteiger partial charge on any atom is 0.182 e. The van der Waals surface area contributed by atoms with Crippen LogP contribution in [0.1, 0.15) is 18.4 Å². The highest BCUT2D eigenvalue weighted by atomic mass is 79.9. The highest BCUT2D eigenvalue weighted by molar-refractivity contribution is 9.10. The molecule has 1 unspecified atom stereocenters. The molecule has 20 heavy (non-hydrogen) atoms. The van der Waals surface area contributed by atoms with Crippen LogP contribution in [0.2, 0.25) is 0 Å². The molecule has 1 aromatic heterocycles. The molecule has 0 saturated carbocycles. The molecule has 0 amide bonds. The molecular formula is C13H16BrN5O. The number of benzene rings is 1. The number of nitrogens with zero attached hydrogens (tertiary/aromatic N) is 4. The Balaban J connectivity index is 1.96. The minimum absolute atomic E-state index is 0.196. The lowest BCUT2D eigenvalue weighted by Gasteiger charge is -2.12. The molecule has 1 aliphatic rings. The summed E-state index contributed by atoms with van der Waals surface area (Å²) in [6.07, 6.45) is 2.35. The van der Waals surface area contributed by atoms with Gasteiger partial charge >= 0.3 is 0 Å². The van der Waals surface area contributed by atoms with Gasteiger partial charge in [-0.1, -0.05) is 15.9 Å². The van der Waals surface area contributed by atoms with Crippen LogP contribution >= 0.6 is 15.9 Å². The zero-order chi connectivity index (χ0) is 14.1. The summed E-state index contributed by atoms with van der Waals surface area (Å²) in [6, 6.07) is 3.87. The number of tetrazole rings is 1. The topological polar surface area (TPSA) is 78.9 Å². The summed E-state index contributed by atoms with van der Waals surface area (Å²) < 4.78 is 8.36. The number of nitrogens with two attached hydrogens (primary N) is 1. The summed E-state index contributed by atoms with van der Waals surface area (Å²) in [5.74, 6) is 0.728. The van der Waals surface area contributed by atoms with Crippen molar-refractivity contribution in [3.63, 3.8) is 0 Å². The van der Waals surface area contributed by atoms with Crippen molar-refractivity contribution in [1.82, 2.24) is 20.2 Å². The molecule has 1 saturated heterocycles. The minimum atomic E-state index is 0.196. The number of aromatic nitrogens is 4. The van der Waals surface area contributed by atoms with E-state index in [4.69, 9.17) is 10.5 Å². The van der Waals surface area contributed by atoms with E-state index < -0.39 is 0 Å². The molecule has 0 aliphatic carbocycles. The molecule has 6 nitrogen and oxygen atoms in total. The van der Waals surface area contributed by atoms with E-state index in [0.29, 0.717) is 6.54 Å². The van der Waals surface area contributed by atoms with Crippen LogP contribution in [0.25, 0.3) is 11.4 Å². The summed E-state index contributed by atoms with van der Waals surface area (Å²) in [6.45, 7) is 3.47. The first-order valence-electron chi connectivity index (χ1n) is 6.59. The average molecular weight is 338 g/mol. The van der Waals surface area contributed by atoms with Crippen molar-refractivity contribution < 1.29 is 4.74 Å². The van der Waals surface area contributed by atoms with Gasteiger partial charge in [-0.2, -0.15) is 0 Å². The fourth-order valence-electron chi connectivity index (χ4n) is 2.43. The third kappa shape index (κ3) is 2.55. The summed E-state index contributed by atoms with van der Waals surface area (Å²) >= 11 is 3.46. The van der Waals surface area contributed by atoms with Gasteiger partial charge in [0.25, 0.3) is 0 Å². The Morgan fingerprint density at radius 3 is 3.10 bits per heavy atom. The molecule has 3 rings (SSSR count). The standard InChI is InChI=1S/C13H16BrN5O/c1-8-11(5-9(14)6-12(8)15)13-16-17-18-19(13)7-10-3-2-4-20-10/h5-6,10H,2-4,7,15H2,1H3. The van der Waals surface area contributed by atoms with Crippen molar-refractivity contribution in [3.8, 4) is 11.4 Å². The van der Waals surface area contributed by atoms with Gasteiger partial charge < -0.3 is 10.5 Å². The Labute approximate surface area is 125 Å². The first kappa shape index (κ1) is 13.5. The molecule has 1 fully saturated rings. The molecule has 1 aliphatic heterocycles. The van der Waals surface area contributed by atoms with E-state index in [1.54, 1.807) is 4.68 Å². The van der Waals surface area contributed by atoms with Crippen LogP contribution in [0.4, 0.5) is 5.69 Å². The predicted octanol–water partition coefficient (Wildman–Crippen LogP) is 2.17. The van der Waals surface area contributed by atoms with E-state index in [-0.39, 0.29) is 6.10 Å². The Morgan fingerprint density at radius 2 is 2.35 bits per heavy atom. The van der Waals surface area contributed by atoms with Gasteiger partial charge in [0.1, 0.15) is 0 Å². The number of hydrogen-bond donors (Lipinski definition) is 1. The molecule has 2 aromatic rings. The second kappa shape index (κ2) is 5.49. The van der Waals surface area contributed by atoms with Crippen LogP contribution in [0.5, 0.6) is 0 Å². The lowest BCUT2D eigenvalue weighted by molar-refractivity contribution is 0.0939. The molecule has 2 N–H and O–H groups in total. The molecule has 106 valence electrons. The molecule has 7 heteroatoms. The maximum atomic E-state index is 6.01. The summed E-state index contributed by atoms with van der Waals surface area (Å²) in [5, 5.41) is 12.0. The molecule has 0 spiro atoms. The van der Waals surface area contributed by atoms with E-state index >= 15 is 0 Å². The minimum Gasteiger partial charge on any atom is -0.398 e. The van der Waals surface area contributed by atoms with Gasteiger partial charge in [0.05, 0.1) is 12.6 Å². The van der Waals surface area contributed by atoms with Gasteiger partial charge in [0.15, 0.2) is 5.82 Å². The molecule has 2 heterocycles. The summed E-state index contributed by atoms with van der Waals surface area (Å²) in [4.78, 5) is 0. The van der Waals surface area contributed by atoms with Gasteiger partial charge in [-0.3, -0.25) is 0 Å². The molecule has 0 bridgehead atoms. The summed E-state index contributed by atoms with van der Waals surface area (Å²) in [5.41, 5.74) is 8.66. The van der Waals surface area contributed by atoms with Crippen molar-refractivity contribution in [2.24, 2.45) is 0 Å². The Kier molecular flexibility index (Phi) is 3.71. The highest BCUT2D eigenvalue weighted by Crippen LogP contribution is 2.30. The van der Waals surface area contributed by atoms with Crippen molar-refractivity contribution in [1.29, 1.82) is 0 Å². The lowest BCUT2D eigenvalue weighted by Crippen LogP contribution is -2.17. The van der Waals surface area contributed by atoms with Crippen LogP contribution in [0, 0.1) is 6.92 Å². The van der Waals surface area contributed by atoms with E-state index in [0.717, 1.165) is 46.6 Å². The third-order valence-electron chi connectivity index (χ3n) is 3.59. The van der Waals surface area contributed by atoms with E-state index in [9.17, 15) is 0 Å². The summed E-state index contributed by atoms with van der Waals surface area (Å²) in [7, 11) is 0. The number of nitrogen functional groups attached to an aromatic ring is 1. The van der Waals surface area contributed by atoms with Crippen LogP contribution in [0.3, 0.4) is 0 Å². The average Bonchev–Trinajstić information content (AvgIpc) is 3.06. The Hall–Kier alpha value is -1.47. The van der Waals surface area contributed by atoms with Gasteiger partial charge in [-0.15, -0.1) is 5.10 Å². The smallest absolute Gasteiger partial charge is 0.182 e. The van der Waals surface area contributed by atoms with Crippen LogP contribution < -0.4 is 5.73 Å². The van der Waals surface area contributed by atoms with Crippen molar-refractivity contribution in [2.45, 2.75) is 32.4 Å². The fraction of sp³-hybridized carbons (Fsp3) is 0.462. The van der Waals surface area contributed by atoms with Crippen molar-refractivity contribution in [2.75, 3.05) is 12.3 Å². The van der Waals surface area contributed by atoms with Gasteiger partial charge in [-0.05, 0) is 47.9 Å². The second-order valence-electron chi connectivity index (χ2n) is 4.99. The first-order valence-corrected chi connectivity index (χ1v) is 7.38. The lowest BCUT2D eigenvalue weighted by atomic mass is 10.1. The van der Waals surface area contributed by atoms with Gasteiger partial charge in [0, 0.05) is 22.3 Å². The number of ether oxygens (including phenoxy) is 1. The SMILES string of the molecule is Cc1c(N)cc(Br)cc1-c1nnnn1CC1CCCO1. The van der Waals surface area contributed by atoms with Crippen molar-refractivity contribution >= 4 is 21.6 Å². The molecule has 0 radical (unpaired) electrons. The monoisotopic (exact) mass is 337 g/mol. The van der Waals surface area contributed by atoms with Crippen molar-refractivity contribution in [3.05, 3.63) is 22.2 Å². The third-order valence-corrected chi connectivity index (χ3v) is 4.04. The zero-order valence-electron chi connectivity index (χ0n) is 11.2. The number of anilines is 1. The predicted molar refractivity (Wildman–Crippen MR) is 79.1 cm³/mol. The number of halogens is 1. The van der Waals surface area contributed by atoms with E-state index in [2.05, 4.69) is 31.5 Å². The van der Waals surface area contributed by atoms with Gasteiger partial charge in [0.2, 0.25) is 0 Å². The normalized spacial score (nSPS) is 18.6. The quantitative estimate of drug-likeness (QED) is 0.868. The maximum absolute atomic E-state index is 6.01. The Morgan fingerprint density at radius 1 is 1.50 bits per heavy atom. The first-order chi connectivity index (χ1) is 9.65. The second-order valence-corrected chi connectivity index (χ2v) is 5.90. The molecular weight excluding hydrogens is 322 g/mol. The number of rotatable bonds is 3. The number of hydrogen-bond acceptors (Lipinski definition) is 5.